The summed E-state index contributed by atoms with van der Waals surface area (Å²) in [6, 6.07) is 5.31. The Balaban J connectivity index is 3.38. The number of nitrogens with two attached hydrogens (primary N) is 1. The lowest BCUT2D eigenvalue weighted by Gasteiger charge is -2.35. The van der Waals surface area contributed by atoms with Crippen LogP contribution in [0.2, 0.25) is 0 Å². The molecule has 3 atom stereocenters. The van der Waals surface area contributed by atoms with Crippen molar-refractivity contribution in [1.82, 2.24) is 15.5 Å². The van der Waals surface area contributed by atoms with Gasteiger partial charge >= 0.3 is 6.09 Å². The molecule has 0 heterocycles. The van der Waals surface area contributed by atoms with Gasteiger partial charge in [-0.2, -0.15) is 0 Å². The predicted octanol–water partition coefficient (Wildman–Crippen LogP) is 3.35. The lowest BCUT2D eigenvalue weighted by atomic mass is 9.97. The van der Waals surface area contributed by atoms with Crippen molar-refractivity contribution in [1.29, 1.82) is 0 Å². The van der Waals surface area contributed by atoms with Gasteiger partial charge in [-0.3, -0.25) is 14.4 Å². The fourth-order valence-corrected chi connectivity index (χ4v) is 3.83. The highest BCUT2D eigenvalue weighted by molar-refractivity contribution is 5.92. The quantitative estimate of drug-likeness (QED) is 0.414. The van der Waals surface area contributed by atoms with Crippen LogP contribution in [0.1, 0.15) is 84.4 Å². The van der Waals surface area contributed by atoms with Gasteiger partial charge < -0.3 is 26.0 Å². The SMILES string of the molecule is CCCC(C)NC(=O)C(c1ccccc1C)N(CC)C(=O)C(CCC(N)=O)NC(=O)OC(C)(C)C. The van der Waals surface area contributed by atoms with Crippen molar-refractivity contribution in [3.8, 4) is 0 Å². The molecular weight excluding hydrogens is 448 g/mol. The minimum absolute atomic E-state index is 0.0156. The molecule has 0 aliphatic carbocycles. The molecule has 0 saturated carbocycles. The molecule has 0 aromatic heterocycles. The van der Waals surface area contributed by atoms with E-state index in [9.17, 15) is 19.2 Å². The summed E-state index contributed by atoms with van der Waals surface area (Å²) < 4.78 is 5.31. The lowest BCUT2D eigenvalue weighted by Crippen LogP contribution is -2.53. The van der Waals surface area contributed by atoms with Crippen LogP contribution in [0.25, 0.3) is 0 Å². The highest BCUT2D eigenvalue weighted by Gasteiger charge is 2.36. The van der Waals surface area contributed by atoms with Gasteiger partial charge in [0.15, 0.2) is 0 Å². The number of hydrogen-bond donors (Lipinski definition) is 3. The maximum absolute atomic E-state index is 13.8. The molecule has 9 nitrogen and oxygen atoms in total. The number of primary amides is 1. The first-order valence-electron chi connectivity index (χ1n) is 12.2. The van der Waals surface area contributed by atoms with Crippen molar-refractivity contribution in [3.63, 3.8) is 0 Å². The standard InChI is InChI=1S/C26H42N4O5/c1-8-12-18(4)28-23(32)22(19-14-11-10-13-17(19)3)30(9-2)24(33)20(15-16-21(27)31)29-25(34)35-26(5,6)7/h10-11,13-14,18,20,22H,8-9,12,15-16H2,1-7H3,(H2,27,31)(H,28,32)(H,29,34). The summed E-state index contributed by atoms with van der Waals surface area (Å²) in [6.07, 6.45) is 0.789. The van der Waals surface area contributed by atoms with Crippen molar-refractivity contribution in [2.75, 3.05) is 6.54 Å². The first-order chi connectivity index (χ1) is 16.3. The average molecular weight is 491 g/mol. The summed E-state index contributed by atoms with van der Waals surface area (Å²) >= 11 is 0. The van der Waals surface area contributed by atoms with Crippen LogP contribution in [0.3, 0.4) is 0 Å². The Morgan fingerprint density at radius 2 is 1.69 bits per heavy atom. The molecule has 0 spiro atoms. The Morgan fingerprint density at radius 3 is 2.20 bits per heavy atom. The molecule has 1 aromatic carbocycles. The average Bonchev–Trinajstić information content (AvgIpc) is 2.73. The van der Waals surface area contributed by atoms with Crippen LogP contribution in [0.4, 0.5) is 4.79 Å². The second-order valence-electron chi connectivity index (χ2n) is 9.79. The molecule has 4 amide bonds. The van der Waals surface area contributed by atoms with Gasteiger partial charge in [-0.1, -0.05) is 37.6 Å². The smallest absolute Gasteiger partial charge is 0.408 e. The van der Waals surface area contributed by atoms with Crippen molar-refractivity contribution in [3.05, 3.63) is 35.4 Å². The summed E-state index contributed by atoms with van der Waals surface area (Å²) in [4.78, 5) is 52.6. The van der Waals surface area contributed by atoms with Crippen LogP contribution >= 0.6 is 0 Å². The first kappa shape index (κ1) is 29.9. The summed E-state index contributed by atoms with van der Waals surface area (Å²) in [6.45, 7) is 12.9. The van der Waals surface area contributed by atoms with E-state index in [1.165, 1.54) is 4.90 Å². The molecular formula is C26H42N4O5. The van der Waals surface area contributed by atoms with E-state index >= 15 is 0 Å². The molecule has 0 fully saturated rings. The van der Waals surface area contributed by atoms with E-state index in [2.05, 4.69) is 10.6 Å². The number of ether oxygens (including phenoxy) is 1. The minimum Gasteiger partial charge on any atom is -0.444 e. The fourth-order valence-electron chi connectivity index (χ4n) is 3.83. The largest absolute Gasteiger partial charge is 0.444 e. The number of likely N-dealkylation sites (N-methyl/N-ethyl adjacent to an activating group) is 1. The van der Waals surface area contributed by atoms with Crippen LogP contribution in [-0.4, -0.2) is 52.9 Å². The van der Waals surface area contributed by atoms with E-state index < -0.39 is 35.6 Å². The van der Waals surface area contributed by atoms with E-state index in [4.69, 9.17) is 10.5 Å². The van der Waals surface area contributed by atoms with E-state index in [1.54, 1.807) is 27.7 Å². The molecule has 3 unspecified atom stereocenters. The van der Waals surface area contributed by atoms with Crippen LogP contribution in [-0.2, 0) is 19.1 Å². The van der Waals surface area contributed by atoms with Crippen LogP contribution in [0.15, 0.2) is 24.3 Å². The molecule has 0 bridgehead atoms. The lowest BCUT2D eigenvalue weighted by molar-refractivity contribution is -0.142. The Kier molecular flexibility index (Phi) is 11.7. The molecule has 0 aliphatic heterocycles. The van der Waals surface area contributed by atoms with Crippen LogP contribution in [0, 0.1) is 6.92 Å². The van der Waals surface area contributed by atoms with Gasteiger partial charge in [0, 0.05) is 19.0 Å². The number of aryl methyl sites for hydroxylation is 1. The van der Waals surface area contributed by atoms with Gasteiger partial charge in [0.2, 0.25) is 17.7 Å². The number of carbonyl (C=O) groups excluding carboxylic acids is 4. The third kappa shape index (κ3) is 9.96. The maximum Gasteiger partial charge on any atom is 0.408 e. The Hall–Kier alpha value is -3.10. The van der Waals surface area contributed by atoms with E-state index in [0.717, 1.165) is 18.4 Å². The van der Waals surface area contributed by atoms with Crippen LogP contribution in [0.5, 0.6) is 0 Å². The zero-order valence-electron chi connectivity index (χ0n) is 22.1. The summed E-state index contributed by atoms with van der Waals surface area (Å²) in [5, 5.41) is 5.59. The number of rotatable bonds is 12. The molecule has 0 saturated heterocycles. The maximum atomic E-state index is 13.8. The van der Waals surface area contributed by atoms with Crippen molar-refractivity contribution in [2.45, 2.75) is 97.9 Å². The number of benzene rings is 1. The Labute approximate surface area is 209 Å². The second kappa shape index (κ2) is 13.7. The Bertz CT molecular complexity index is 881. The molecule has 1 rings (SSSR count). The number of amides is 4. The van der Waals surface area contributed by atoms with E-state index in [-0.39, 0.29) is 31.3 Å². The molecule has 35 heavy (non-hydrogen) atoms. The van der Waals surface area contributed by atoms with Crippen LogP contribution < -0.4 is 16.4 Å². The van der Waals surface area contributed by atoms with Gasteiger partial charge in [-0.05, 0) is 65.5 Å². The first-order valence-corrected chi connectivity index (χ1v) is 12.2. The van der Waals surface area contributed by atoms with Crippen molar-refractivity contribution in [2.24, 2.45) is 5.73 Å². The molecule has 0 radical (unpaired) electrons. The zero-order chi connectivity index (χ0) is 26.8. The molecule has 9 heteroatoms. The normalized spacial score (nSPS) is 13.8. The summed E-state index contributed by atoms with van der Waals surface area (Å²) in [7, 11) is 0. The number of nitrogens with zero attached hydrogens (tertiary/aromatic N) is 1. The monoisotopic (exact) mass is 490 g/mol. The fraction of sp³-hybridized carbons (Fsp3) is 0.615. The zero-order valence-corrected chi connectivity index (χ0v) is 22.1. The number of carbonyl (C=O) groups is 4. The highest BCUT2D eigenvalue weighted by Crippen LogP contribution is 2.26. The predicted molar refractivity (Wildman–Crippen MR) is 135 cm³/mol. The highest BCUT2D eigenvalue weighted by atomic mass is 16.6. The number of hydrogen-bond acceptors (Lipinski definition) is 5. The second-order valence-corrected chi connectivity index (χ2v) is 9.79. The number of nitrogens with one attached hydrogen (secondary N) is 2. The summed E-state index contributed by atoms with van der Waals surface area (Å²) in [5.74, 6) is -1.40. The van der Waals surface area contributed by atoms with E-state index in [0.29, 0.717) is 5.56 Å². The third-order valence-electron chi connectivity index (χ3n) is 5.45. The number of alkyl carbamates (subject to hydrolysis) is 1. The van der Waals surface area contributed by atoms with E-state index in [1.807, 2.05) is 45.0 Å². The van der Waals surface area contributed by atoms with Gasteiger partial charge in [0.1, 0.15) is 17.7 Å². The topological polar surface area (TPSA) is 131 Å². The van der Waals surface area contributed by atoms with Crippen molar-refractivity contribution < 1.29 is 23.9 Å². The van der Waals surface area contributed by atoms with Gasteiger partial charge in [0.25, 0.3) is 0 Å². The third-order valence-corrected chi connectivity index (χ3v) is 5.45. The summed E-state index contributed by atoms with van der Waals surface area (Å²) in [5.41, 5.74) is 6.09. The van der Waals surface area contributed by atoms with Crippen molar-refractivity contribution >= 4 is 23.8 Å². The van der Waals surface area contributed by atoms with Gasteiger partial charge in [-0.25, -0.2) is 4.79 Å². The molecule has 1 aromatic rings. The molecule has 0 aliphatic rings. The molecule has 4 N–H and O–H groups in total. The minimum atomic E-state index is -1.09. The van der Waals surface area contributed by atoms with Gasteiger partial charge in [-0.15, -0.1) is 0 Å². The van der Waals surface area contributed by atoms with Gasteiger partial charge in [0.05, 0.1) is 0 Å². The molecule has 196 valence electrons. The Morgan fingerprint density at radius 1 is 1.06 bits per heavy atom.